The molecule has 0 aromatic heterocycles. The average molecular weight is 296 g/mol. The summed E-state index contributed by atoms with van der Waals surface area (Å²) in [6.07, 6.45) is 4.14. The van der Waals surface area contributed by atoms with Gasteiger partial charge in [-0.2, -0.15) is 0 Å². The van der Waals surface area contributed by atoms with E-state index in [0.29, 0.717) is 18.3 Å². The normalized spacial score (nSPS) is 30.7. The van der Waals surface area contributed by atoms with Crippen molar-refractivity contribution < 1.29 is 5.11 Å². The van der Waals surface area contributed by atoms with Crippen molar-refractivity contribution in [3.8, 4) is 0 Å². The lowest BCUT2D eigenvalue weighted by atomic mass is 9.66. The van der Waals surface area contributed by atoms with Crippen LogP contribution < -0.4 is 0 Å². The van der Waals surface area contributed by atoms with Gasteiger partial charge in [-0.1, -0.05) is 37.1 Å². The van der Waals surface area contributed by atoms with Crippen LogP contribution in [0.4, 0.5) is 0 Å². The lowest BCUT2D eigenvalue weighted by molar-refractivity contribution is -0.0938. The molecule has 3 heteroatoms. The Morgan fingerprint density at radius 3 is 2.75 bits per heavy atom. The van der Waals surface area contributed by atoms with Gasteiger partial charge in [-0.25, -0.2) is 0 Å². The second-order valence-corrected chi connectivity index (χ2v) is 7.03. The van der Waals surface area contributed by atoms with E-state index < -0.39 is 5.60 Å². The van der Waals surface area contributed by atoms with E-state index in [1.165, 1.54) is 6.42 Å². The second kappa shape index (κ2) is 6.46. The average Bonchev–Trinajstić information content (AvgIpc) is 2.35. The fourth-order valence-electron chi connectivity index (χ4n) is 3.56. The Hall–Kier alpha value is -0.570. The number of benzene rings is 1. The molecule has 1 fully saturated rings. The summed E-state index contributed by atoms with van der Waals surface area (Å²) in [5.41, 5.74) is 0.519. The molecule has 1 aliphatic rings. The number of rotatable bonds is 4. The smallest absolute Gasteiger partial charge is 0.0753 e. The third-order valence-electron chi connectivity index (χ3n) is 4.71. The van der Waals surface area contributed by atoms with Gasteiger partial charge in [0.25, 0.3) is 0 Å². The first-order valence-electron chi connectivity index (χ1n) is 7.53. The number of nitrogens with zero attached hydrogens (tertiary/aromatic N) is 1. The maximum absolute atomic E-state index is 11.3. The Bertz CT molecular complexity index is 448. The van der Waals surface area contributed by atoms with Crippen LogP contribution in [0.25, 0.3) is 0 Å². The largest absolute Gasteiger partial charge is 0.389 e. The minimum Gasteiger partial charge on any atom is -0.389 e. The van der Waals surface area contributed by atoms with Crippen molar-refractivity contribution in [2.75, 3.05) is 20.6 Å². The summed E-state index contributed by atoms with van der Waals surface area (Å²) >= 11 is 6.08. The minimum absolute atomic E-state index is 0.334. The summed E-state index contributed by atoms with van der Waals surface area (Å²) in [5, 5.41) is 12.1. The van der Waals surface area contributed by atoms with Crippen molar-refractivity contribution in [3.63, 3.8) is 0 Å². The Labute approximate surface area is 127 Å². The van der Waals surface area contributed by atoms with E-state index in [9.17, 15) is 5.11 Å². The van der Waals surface area contributed by atoms with Crippen LogP contribution in [0.3, 0.4) is 0 Å². The first kappa shape index (κ1) is 15.8. The molecule has 0 saturated heterocycles. The van der Waals surface area contributed by atoms with Crippen LogP contribution in [-0.4, -0.2) is 36.2 Å². The monoisotopic (exact) mass is 295 g/mol. The molecule has 2 rings (SSSR count). The zero-order valence-electron chi connectivity index (χ0n) is 12.8. The Morgan fingerprint density at radius 1 is 1.35 bits per heavy atom. The fourth-order valence-corrected chi connectivity index (χ4v) is 3.77. The molecule has 1 aromatic rings. The Balaban J connectivity index is 2.21. The van der Waals surface area contributed by atoms with Gasteiger partial charge in [-0.05, 0) is 50.6 Å². The van der Waals surface area contributed by atoms with E-state index in [4.69, 9.17) is 11.6 Å². The molecule has 3 unspecified atom stereocenters. The van der Waals surface area contributed by atoms with Gasteiger partial charge in [0.05, 0.1) is 5.60 Å². The van der Waals surface area contributed by atoms with Gasteiger partial charge < -0.3 is 10.0 Å². The van der Waals surface area contributed by atoms with Gasteiger partial charge >= 0.3 is 0 Å². The number of hydrogen-bond acceptors (Lipinski definition) is 2. The third-order valence-corrected chi connectivity index (χ3v) is 4.95. The Kier molecular flexibility index (Phi) is 5.11. The lowest BCUT2D eigenvalue weighted by Crippen LogP contribution is -2.51. The van der Waals surface area contributed by atoms with Gasteiger partial charge in [0.2, 0.25) is 0 Å². The van der Waals surface area contributed by atoms with Crippen molar-refractivity contribution in [3.05, 3.63) is 34.9 Å². The summed E-state index contributed by atoms with van der Waals surface area (Å²) in [6, 6.07) is 7.90. The highest BCUT2D eigenvalue weighted by Crippen LogP contribution is 2.41. The molecule has 1 N–H and O–H groups in total. The fraction of sp³-hybridized carbons (Fsp3) is 0.647. The van der Waals surface area contributed by atoms with Gasteiger partial charge in [0, 0.05) is 23.9 Å². The summed E-state index contributed by atoms with van der Waals surface area (Å²) in [7, 11) is 4.16. The van der Waals surface area contributed by atoms with Crippen LogP contribution >= 0.6 is 11.6 Å². The highest BCUT2D eigenvalue weighted by Gasteiger charge is 2.44. The first-order chi connectivity index (χ1) is 9.41. The highest BCUT2D eigenvalue weighted by molar-refractivity contribution is 6.30. The molecule has 0 heterocycles. The van der Waals surface area contributed by atoms with Crippen molar-refractivity contribution in [1.82, 2.24) is 4.90 Å². The summed E-state index contributed by atoms with van der Waals surface area (Å²) in [5.74, 6) is 0.667. The summed E-state index contributed by atoms with van der Waals surface area (Å²) in [6.45, 7) is 3.13. The van der Waals surface area contributed by atoms with Gasteiger partial charge in [0.15, 0.2) is 0 Å². The van der Waals surface area contributed by atoms with Crippen molar-refractivity contribution in [1.29, 1.82) is 0 Å². The highest BCUT2D eigenvalue weighted by atomic mass is 35.5. The predicted molar refractivity (Wildman–Crippen MR) is 85.2 cm³/mol. The summed E-state index contributed by atoms with van der Waals surface area (Å²) in [4.78, 5) is 2.19. The van der Waals surface area contributed by atoms with Gasteiger partial charge in [0.1, 0.15) is 0 Å². The van der Waals surface area contributed by atoms with E-state index in [0.717, 1.165) is 30.0 Å². The standard InChI is InChI=1S/C17H26ClNO/c1-13-6-4-8-15(12-19(2)3)17(13,20)11-14-7-5-9-16(18)10-14/h5,7,9-10,13,15,20H,4,6,8,11-12H2,1-3H3. The van der Waals surface area contributed by atoms with Crippen LogP contribution in [0.5, 0.6) is 0 Å². The topological polar surface area (TPSA) is 23.5 Å². The quantitative estimate of drug-likeness (QED) is 0.917. The molecule has 1 aliphatic carbocycles. The molecule has 20 heavy (non-hydrogen) atoms. The lowest BCUT2D eigenvalue weighted by Gasteiger charge is -2.46. The SMILES string of the molecule is CC1CCCC(CN(C)C)C1(O)Cc1cccc(Cl)c1. The van der Waals surface area contributed by atoms with E-state index in [2.05, 4.69) is 32.0 Å². The zero-order chi connectivity index (χ0) is 14.8. The molecule has 1 aromatic carbocycles. The van der Waals surface area contributed by atoms with Crippen molar-refractivity contribution >= 4 is 11.6 Å². The molecule has 0 radical (unpaired) electrons. The van der Waals surface area contributed by atoms with Crippen molar-refractivity contribution in [2.24, 2.45) is 11.8 Å². The molecule has 3 atom stereocenters. The van der Waals surface area contributed by atoms with Crippen LogP contribution in [0.1, 0.15) is 31.7 Å². The maximum atomic E-state index is 11.3. The molecular weight excluding hydrogens is 270 g/mol. The molecule has 0 amide bonds. The predicted octanol–water partition coefficient (Wildman–Crippen LogP) is 3.61. The van der Waals surface area contributed by atoms with Crippen LogP contribution in [0, 0.1) is 11.8 Å². The summed E-state index contributed by atoms with van der Waals surface area (Å²) < 4.78 is 0. The van der Waals surface area contributed by atoms with Gasteiger partial charge in [-0.3, -0.25) is 0 Å². The zero-order valence-corrected chi connectivity index (χ0v) is 13.5. The van der Waals surface area contributed by atoms with Crippen LogP contribution in [-0.2, 0) is 6.42 Å². The molecule has 0 aliphatic heterocycles. The van der Waals surface area contributed by atoms with Crippen LogP contribution in [0.15, 0.2) is 24.3 Å². The third kappa shape index (κ3) is 3.55. The van der Waals surface area contributed by atoms with E-state index in [-0.39, 0.29) is 0 Å². The number of halogens is 1. The van der Waals surface area contributed by atoms with Crippen molar-refractivity contribution in [2.45, 2.75) is 38.2 Å². The number of aliphatic hydroxyl groups is 1. The molecular formula is C17H26ClNO. The van der Waals surface area contributed by atoms with E-state index >= 15 is 0 Å². The van der Waals surface area contributed by atoms with Gasteiger partial charge in [-0.15, -0.1) is 0 Å². The second-order valence-electron chi connectivity index (χ2n) is 6.59. The molecule has 0 spiro atoms. The maximum Gasteiger partial charge on any atom is 0.0753 e. The Morgan fingerprint density at radius 2 is 2.10 bits per heavy atom. The molecule has 1 saturated carbocycles. The number of hydrogen-bond donors (Lipinski definition) is 1. The molecule has 0 bridgehead atoms. The molecule has 112 valence electrons. The first-order valence-corrected chi connectivity index (χ1v) is 7.91. The van der Waals surface area contributed by atoms with E-state index in [1.54, 1.807) is 0 Å². The van der Waals surface area contributed by atoms with Crippen LogP contribution in [0.2, 0.25) is 5.02 Å². The van der Waals surface area contributed by atoms with E-state index in [1.807, 2.05) is 18.2 Å². The minimum atomic E-state index is -0.618. The molecule has 2 nitrogen and oxygen atoms in total.